The van der Waals surface area contributed by atoms with Crippen LogP contribution in [0.5, 0.6) is 0 Å². The van der Waals surface area contributed by atoms with Gasteiger partial charge in [-0.25, -0.2) is 0 Å². The average Bonchev–Trinajstić information content (AvgIpc) is 2.62. The monoisotopic (exact) mass is 328 g/mol. The molecule has 1 fully saturated rings. The van der Waals surface area contributed by atoms with Crippen molar-refractivity contribution >= 4 is 11.9 Å². The molecule has 1 aliphatic carbocycles. The summed E-state index contributed by atoms with van der Waals surface area (Å²) >= 11 is 0. The minimum absolute atomic E-state index is 0.00566. The van der Waals surface area contributed by atoms with Gasteiger partial charge in [0.05, 0.1) is 11.8 Å². The number of carbonyl (C=O) groups excluding carboxylic acids is 1. The minimum Gasteiger partial charge on any atom is -0.481 e. The summed E-state index contributed by atoms with van der Waals surface area (Å²) < 4.78 is 0. The molecule has 1 amide bonds. The Morgan fingerprint density at radius 2 is 1.58 bits per heavy atom. The lowest BCUT2D eigenvalue weighted by atomic mass is 9.82. The number of rotatable bonds is 4. The first-order valence-electron chi connectivity index (χ1n) is 8.58. The summed E-state index contributed by atoms with van der Waals surface area (Å²) in [4.78, 5) is 28.3. The maximum atomic E-state index is 12.7. The van der Waals surface area contributed by atoms with E-state index < -0.39 is 17.8 Å². The Bertz CT molecular complexity index is 606. The number of benzene rings is 1. The van der Waals surface area contributed by atoms with Gasteiger partial charge in [0.15, 0.2) is 0 Å². The molecule has 0 aromatic heterocycles. The van der Waals surface area contributed by atoms with Crippen LogP contribution in [0.3, 0.4) is 0 Å². The van der Waals surface area contributed by atoms with Crippen LogP contribution in [-0.4, -0.2) is 53.0 Å². The summed E-state index contributed by atoms with van der Waals surface area (Å²) in [5, 5.41) is 9.35. The van der Waals surface area contributed by atoms with Crippen LogP contribution in [0.2, 0.25) is 0 Å². The van der Waals surface area contributed by atoms with Crippen molar-refractivity contribution in [3.05, 3.63) is 48.0 Å². The number of nitrogens with zero attached hydrogens (tertiary/aromatic N) is 2. The van der Waals surface area contributed by atoms with Crippen LogP contribution < -0.4 is 0 Å². The molecule has 0 unspecified atom stereocenters. The lowest BCUT2D eigenvalue weighted by Crippen LogP contribution is -2.51. The third kappa shape index (κ3) is 3.85. The average molecular weight is 328 g/mol. The Morgan fingerprint density at radius 1 is 0.958 bits per heavy atom. The van der Waals surface area contributed by atoms with E-state index in [9.17, 15) is 14.7 Å². The molecular weight excluding hydrogens is 304 g/mol. The third-order valence-electron chi connectivity index (χ3n) is 5.00. The van der Waals surface area contributed by atoms with E-state index >= 15 is 0 Å². The van der Waals surface area contributed by atoms with Crippen LogP contribution in [-0.2, 0) is 16.1 Å². The van der Waals surface area contributed by atoms with E-state index in [1.165, 1.54) is 5.56 Å². The van der Waals surface area contributed by atoms with Gasteiger partial charge in [-0.2, -0.15) is 0 Å². The molecule has 1 aromatic carbocycles. The van der Waals surface area contributed by atoms with Crippen LogP contribution in [0, 0.1) is 11.8 Å². The van der Waals surface area contributed by atoms with E-state index in [2.05, 4.69) is 17.0 Å². The maximum Gasteiger partial charge on any atom is 0.307 e. The molecule has 5 heteroatoms. The summed E-state index contributed by atoms with van der Waals surface area (Å²) in [7, 11) is 0. The van der Waals surface area contributed by atoms with Gasteiger partial charge in [0, 0.05) is 32.7 Å². The number of hydrogen-bond donors (Lipinski definition) is 1. The molecule has 0 saturated carbocycles. The van der Waals surface area contributed by atoms with Crippen molar-refractivity contribution in [2.24, 2.45) is 11.8 Å². The van der Waals surface area contributed by atoms with Crippen LogP contribution >= 0.6 is 0 Å². The normalized spacial score (nSPS) is 24.8. The number of carboxylic acids is 1. The summed E-state index contributed by atoms with van der Waals surface area (Å²) in [5.41, 5.74) is 1.28. The first kappa shape index (κ1) is 16.7. The number of allylic oxidation sites excluding steroid dienone is 2. The van der Waals surface area contributed by atoms with E-state index in [1.807, 2.05) is 35.3 Å². The van der Waals surface area contributed by atoms with Crippen LogP contribution in [0.25, 0.3) is 0 Å². The molecule has 1 aromatic rings. The standard InChI is InChI=1S/C19H24N2O3/c22-18(16-8-4-5-9-17(16)19(23)24)21-12-10-20(11-13-21)14-15-6-2-1-3-7-15/h1-7,16-17H,8-14H2,(H,23,24)/t16-,17-/m0/s1. The Morgan fingerprint density at radius 3 is 2.21 bits per heavy atom. The Labute approximate surface area is 142 Å². The second kappa shape index (κ2) is 7.62. The minimum atomic E-state index is -0.861. The molecule has 1 aliphatic heterocycles. The second-order valence-corrected chi connectivity index (χ2v) is 6.58. The van der Waals surface area contributed by atoms with Crippen LogP contribution in [0.1, 0.15) is 18.4 Å². The van der Waals surface area contributed by atoms with Gasteiger partial charge in [-0.05, 0) is 18.4 Å². The molecule has 1 saturated heterocycles. The van der Waals surface area contributed by atoms with Crippen molar-refractivity contribution in [1.29, 1.82) is 0 Å². The molecule has 128 valence electrons. The van der Waals surface area contributed by atoms with E-state index in [-0.39, 0.29) is 5.91 Å². The molecule has 2 aliphatic rings. The molecule has 0 radical (unpaired) electrons. The van der Waals surface area contributed by atoms with Gasteiger partial charge in [0.2, 0.25) is 5.91 Å². The number of amides is 1. The number of piperazine rings is 1. The predicted octanol–water partition coefficient (Wildman–Crippen LogP) is 2.00. The third-order valence-corrected chi connectivity index (χ3v) is 5.00. The van der Waals surface area contributed by atoms with Gasteiger partial charge < -0.3 is 10.0 Å². The number of carboxylic acid groups (broad SMARTS) is 1. The molecule has 0 spiro atoms. The quantitative estimate of drug-likeness (QED) is 0.859. The summed E-state index contributed by atoms with van der Waals surface area (Å²) in [6, 6.07) is 10.3. The van der Waals surface area contributed by atoms with E-state index in [1.54, 1.807) is 0 Å². The predicted molar refractivity (Wildman–Crippen MR) is 91.3 cm³/mol. The fourth-order valence-corrected chi connectivity index (χ4v) is 3.56. The lowest BCUT2D eigenvalue weighted by Gasteiger charge is -2.37. The SMILES string of the molecule is O=C(O)[C@H]1CC=CC[C@@H]1C(=O)N1CCN(Cc2ccccc2)CC1. The first-order chi connectivity index (χ1) is 11.6. The molecule has 1 N–H and O–H groups in total. The summed E-state index contributed by atoms with van der Waals surface area (Å²) in [6.45, 7) is 3.92. The zero-order valence-electron chi connectivity index (χ0n) is 13.8. The van der Waals surface area contributed by atoms with Crippen molar-refractivity contribution in [3.8, 4) is 0 Å². The van der Waals surface area contributed by atoms with Gasteiger partial charge in [-0.1, -0.05) is 42.5 Å². The Kier molecular flexibility index (Phi) is 5.30. The highest BCUT2D eigenvalue weighted by molar-refractivity contribution is 5.85. The van der Waals surface area contributed by atoms with Gasteiger partial charge >= 0.3 is 5.97 Å². The lowest BCUT2D eigenvalue weighted by molar-refractivity contribution is -0.151. The molecule has 24 heavy (non-hydrogen) atoms. The smallest absolute Gasteiger partial charge is 0.307 e. The maximum absolute atomic E-state index is 12.7. The highest BCUT2D eigenvalue weighted by atomic mass is 16.4. The van der Waals surface area contributed by atoms with Crippen molar-refractivity contribution < 1.29 is 14.7 Å². The molecule has 3 rings (SSSR count). The van der Waals surface area contributed by atoms with E-state index in [0.29, 0.717) is 25.9 Å². The van der Waals surface area contributed by atoms with Gasteiger partial charge in [-0.15, -0.1) is 0 Å². The number of carbonyl (C=O) groups is 2. The van der Waals surface area contributed by atoms with Crippen molar-refractivity contribution in [2.75, 3.05) is 26.2 Å². The Balaban J connectivity index is 1.55. The second-order valence-electron chi connectivity index (χ2n) is 6.58. The van der Waals surface area contributed by atoms with Crippen molar-refractivity contribution in [1.82, 2.24) is 9.80 Å². The molecule has 2 atom stereocenters. The zero-order valence-corrected chi connectivity index (χ0v) is 13.8. The van der Waals surface area contributed by atoms with Crippen molar-refractivity contribution in [3.63, 3.8) is 0 Å². The van der Waals surface area contributed by atoms with E-state index in [4.69, 9.17) is 0 Å². The molecular formula is C19H24N2O3. The van der Waals surface area contributed by atoms with Gasteiger partial charge in [-0.3, -0.25) is 14.5 Å². The largest absolute Gasteiger partial charge is 0.481 e. The zero-order chi connectivity index (χ0) is 16.9. The van der Waals surface area contributed by atoms with E-state index in [0.717, 1.165) is 19.6 Å². The number of hydrogen-bond acceptors (Lipinski definition) is 3. The van der Waals surface area contributed by atoms with Gasteiger partial charge in [0.1, 0.15) is 0 Å². The topological polar surface area (TPSA) is 60.9 Å². The Hall–Kier alpha value is -2.14. The summed E-state index contributed by atoms with van der Waals surface area (Å²) in [5.74, 6) is -1.84. The summed E-state index contributed by atoms with van der Waals surface area (Å²) in [6.07, 6.45) is 4.81. The molecule has 5 nitrogen and oxygen atoms in total. The molecule has 0 bridgehead atoms. The first-order valence-corrected chi connectivity index (χ1v) is 8.58. The fraction of sp³-hybridized carbons (Fsp3) is 0.474. The number of aliphatic carboxylic acids is 1. The highest BCUT2D eigenvalue weighted by Gasteiger charge is 2.37. The highest BCUT2D eigenvalue weighted by Crippen LogP contribution is 2.28. The van der Waals surface area contributed by atoms with Crippen LogP contribution in [0.4, 0.5) is 0 Å². The fourth-order valence-electron chi connectivity index (χ4n) is 3.56. The van der Waals surface area contributed by atoms with Crippen LogP contribution in [0.15, 0.2) is 42.5 Å². The van der Waals surface area contributed by atoms with Gasteiger partial charge in [0.25, 0.3) is 0 Å². The van der Waals surface area contributed by atoms with Crippen molar-refractivity contribution in [2.45, 2.75) is 19.4 Å². The molecule has 1 heterocycles.